The van der Waals surface area contributed by atoms with Gasteiger partial charge >= 0.3 is 0 Å². The number of nitrogens with one attached hydrogen (secondary N) is 1. The first-order valence-electron chi connectivity index (χ1n) is 4.03. The van der Waals surface area contributed by atoms with E-state index in [9.17, 15) is 8.42 Å². The lowest BCUT2D eigenvalue weighted by Crippen LogP contribution is -2.39. The second kappa shape index (κ2) is 3.72. The molecule has 1 saturated carbocycles. The van der Waals surface area contributed by atoms with E-state index in [4.69, 9.17) is 4.84 Å². The maximum Gasteiger partial charge on any atom is 0.151 e. The van der Waals surface area contributed by atoms with Crippen LogP contribution in [0.2, 0.25) is 0 Å². The molecule has 4 nitrogen and oxygen atoms in total. The third-order valence-electron chi connectivity index (χ3n) is 2.27. The van der Waals surface area contributed by atoms with E-state index in [0.29, 0.717) is 0 Å². The lowest BCUT2D eigenvalue weighted by molar-refractivity contribution is 0.0636. The molecule has 0 heterocycles. The molecule has 2 atom stereocenters. The number of hydrogen-bond acceptors (Lipinski definition) is 4. The van der Waals surface area contributed by atoms with Crippen LogP contribution in [-0.2, 0) is 14.7 Å². The fraction of sp³-hybridized carbons (Fsp3) is 1.00. The molecule has 5 heteroatoms. The highest BCUT2D eigenvalue weighted by atomic mass is 32.2. The van der Waals surface area contributed by atoms with Gasteiger partial charge in [0.15, 0.2) is 9.84 Å². The summed E-state index contributed by atoms with van der Waals surface area (Å²) in [5.74, 6) is 0. The number of hydroxylamine groups is 1. The van der Waals surface area contributed by atoms with Gasteiger partial charge in [0.25, 0.3) is 0 Å². The van der Waals surface area contributed by atoms with Crippen LogP contribution in [0.3, 0.4) is 0 Å². The van der Waals surface area contributed by atoms with Gasteiger partial charge in [0.1, 0.15) is 0 Å². The second-order valence-electron chi connectivity index (χ2n) is 3.23. The van der Waals surface area contributed by atoms with Gasteiger partial charge in [-0.1, -0.05) is 6.42 Å². The van der Waals surface area contributed by atoms with E-state index >= 15 is 0 Å². The third kappa shape index (κ3) is 2.18. The Bertz CT molecular complexity index is 237. The van der Waals surface area contributed by atoms with Crippen LogP contribution < -0.4 is 5.48 Å². The van der Waals surface area contributed by atoms with Crippen molar-refractivity contribution in [1.82, 2.24) is 5.48 Å². The molecule has 0 saturated heterocycles. The molecule has 1 aliphatic rings. The summed E-state index contributed by atoms with van der Waals surface area (Å²) in [6, 6.07) is -0.0231. The minimum Gasteiger partial charge on any atom is -0.305 e. The molecule has 12 heavy (non-hydrogen) atoms. The van der Waals surface area contributed by atoms with Crippen LogP contribution in [-0.4, -0.2) is 33.1 Å². The Morgan fingerprint density at radius 2 is 2.08 bits per heavy atom. The van der Waals surface area contributed by atoms with Crippen molar-refractivity contribution in [2.24, 2.45) is 0 Å². The summed E-state index contributed by atoms with van der Waals surface area (Å²) in [6.45, 7) is 0. The Kier molecular flexibility index (Phi) is 3.09. The number of rotatable bonds is 3. The summed E-state index contributed by atoms with van der Waals surface area (Å²) in [5.41, 5.74) is 2.72. The Morgan fingerprint density at radius 1 is 1.42 bits per heavy atom. The SMILES string of the molecule is CONC1CCCC1S(C)(=O)=O. The van der Waals surface area contributed by atoms with Crippen molar-refractivity contribution in [3.63, 3.8) is 0 Å². The first-order valence-corrected chi connectivity index (χ1v) is 5.98. The monoisotopic (exact) mass is 193 g/mol. The smallest absolute Gasteiger partial charge is 0.151 e. The van der Waals surface area contributed by atoms with Crippen LogP contribution in [0.25, 0.3) is 0 Å². The van der Waals surface area contributed by atoms with E-state index in [1.807, 2.05) is 0 Å². The summed E-state index contributed by atoms with van der Waals surface area (Å²) in [4.78, 5) is 4.74. The molecular weight excluding hydrogens is 178 g/mol. The zero-order valence-electron chi connectivity index (χ0n) is 7.41. The number of hydrogen-bond donors (Lipinski definition) is 1. The fourth-order valence-electron chi connectivity index (χ4n) is 1.72. The molecule has 0 aromatic rings. The predicted molar refractivity (Wildman–Crippen MR) is 46.4 cm³/mol. The van der Waals surface area contributed by atoms with E-state index in [2.05, 4.69) is 5.48 Å². The summed E-state index contributed by atoms with van der Waals surface area (Å²) >= 11 is 0. The van der Waals surface area contributed by atoms with Gasteiger partial charge in [-0.25, -0.2) is 8.42 Å². The topological polar surface area (TPSA) is 55.4 Å². The average molecular weight is 193 g/mol. The molecule has 1 N–H and O–H groups in total. The average Bonchev–Trinajstić information content (AvgIpc) is 2.34. The van der Waals surface area contributed by atoms with Crippen LogP contribution in [0.5, 0.6) is 0 Å². The Balaban J connectivity index is 2.64. The van der Waals surface area contributed by atoms with E-state index < -0.39 is 9.84 Å². The Labute approximate surface area is 73.2 Å². The summed E-state index contributed by atoms with van der Waals surface area (Å²) in [6.07, 6.45) is 3.87. The molecule has 0 aromatic carbocycles. The van der Waals surface area contributed by atoms with Gasteiger partial charge in [0.05, 0.1) is 12.4 Å². The largest absolute Gasteiger partial charge is 0.305 e. The molecule has 1 fully saturated rings. The summed E-state index contributed by atoms with van der Waals surface area (Å²) in [5, 5.41) is -0.266. The maximum atomic E-state index is 11.2. The lowest BCUT2D eigenvalue weighted by Gasteiger charge is -2.17. The standard InChI is InChI=1S/C7H15NO3S/c1-11-8-6-4-3-5-7(6)12(2,9)10/h6-8H,3-5H2,1-2H3. The Hall–Kier alpha value is -0.130. The van der Waals surface area contributed by atoms with Crippen molar-refractivity contribution in [2.75, 3.05) is 13.4 Å². The van der Waals surface area contributed by atoms with Crippen LogP contribution in [0, 0.1) is 0 Å². The molecule has 0 bridgehead atoms. The van der Waals surface area contributed by atoms with Gasteiger partial charge in [0.2, 0.25) is 0 Å². The third-order valence-corrected chi connectivity index (χ3v) is 3.94. The molecule has 0 spiro atoms. The van der Waals surface area contributed by atoms with Gasteiger partial charge in [-0.15, -0.1) is 0 Å². The highest BCUT2D eigenvalue weighted by Gasteiger charge is 2.34. The van der Waals surface area contributed by atoms with Crippen LogP contribution >= 0.6 is 0 Å². The number of sulfone groups is 1. The predicted octanol–water partition coefficient (Wildman–Crippen LogP) is 0.103. The quantitative estimate of drug-likeness (QED) is 0.646. The zero-order valence-corrected chi connectivity index (χ0v) is 8.23. The van der Waals surface area contributed by atoms with Crippen molar-refractivity contribution >= 4 is 9.84 Å². The first kappa shape index (κ1) is 9.95. The highest BCUT2D eigenvalue weighted by Crippen LogP contribution is 2.24. The van der Waals surface area contributed by atoms with Gasteiger partial charge < -0.3 is 4.84 Å². The van der Waals surface area contributed by atoms with E-state index in [1.165, 1.54) is 13.4 Å². The first-order chi connectivity index (χ1) is 5.55. The molecule has 0 radical (unpaired) electrons. The van der Waals surface area contributed by atoms with Crippen molar-refractivity contribution in [2.45, 2.75) is 30.6 Å². The molecule has 1 rings (SSSR count). The van der Waals surface area contributed by atoms with Gasteiger partial charge in [-0.3, -0.25) is 0 Å². The minimum absolute atomic E-state index is 0.0231. The van der Waals surface area contributed by atoms with Crippen molar-refractivity contribution in [1.29, 1.82) is 0 Å². The van der Waals surface area contributed by atoms with Crippen LogP contribution in [0.15, 0.2) is 0 Å². The normalized spacial score (nSPS) is 30.8. The summed E-state index contributed by atoms with van der Waals surface area (Å²) < 4.78 is 22.4. The molecule has 0 aliphatic heterocycles. The van der Waals surface area contributed by atoms with Gasteiger partial charge in [-0.2, -0.15) is 5.48 Å². The molecular formula is C7H15NO3S. The lowest BCUT2D eigenvalue weighted by atomic mass is 10.3. The van der Waals surface area contributed by atoms with Crippen LogP contribution in [0.1, 0.15) is 19.3 Å². The molecule has 0 aromatic heterocycles. The zero-order chi connectivity index (χ0) is 9.19. The van der Waals surface area contributed by atoms with Crippen molar-refractivity contribution in [3.05, 3.63) is 0 Å². The van der Waals surface area contributed by atoms with E-state index in [-0.39, 0.29) is 11.3 Å². The van der Waals surface area contributed by atoms with E-state index in [1.54, 1.807) is 0 Å². The highest BCUT2D eigenvalue weighted by molar-refractivity contribution is 7.91. The fourth-order valence-corrected chi connectivity index (χ4v) is 3.11. The molecule has 2 unspecified atom stereocenters. The van der Waals surface area contributed by atoms with Crippen molar-refractivity contribution in [3.8, 4) is 0 Å². The van der Waals surface area contributed by atoms with Crippen molar-refractivity contribution < 1.29 is 13.3 Å². The molecule has 0 amide bonds. The molecule has 1 aliphatic carbocycles. The van der Waals surface area contributed by atoms with Gasteiger partial charge in [-0.05, 0) is 12.8 Å². The minimum atomic E-state index is -2.92. The maximum absolute atomic E-state index is 11.2. The molecule has 72 valence electrons. The Morgan fingerprint density at radius 3 is 2.58 bits per heavy atom. The van der Waals surface area contributed by atoms with Gasteiger partial charge in [0, 0.05) is 12.3 Å². The second-order valence-corrected chi connectivity index (χ2v) is 5.49. The van der Waals surface area contributed by atoms with Crippen LogP contribution in [0.4, 0.5) is 0 Å². The van der Waals surface area contributed by atoms with E-state index in [0.717, 1.165) is 19.3 Å². The summed E-state index contributed by atoms with van der Waals surface area (Å²) in [7, 11) is -1.40.